The monoisotopic (exact) mass is 291 g/mol. The van der Waals surface area contributed by atoms with E-state index in [1.165, 1.54) is 0 Å². The molecule has 1 rings (SSSR count). The van der Waals surface area contributed by atoms with Gasteiger partial charge in [0.15, 0.2) is 0 Å². The SMILES string of the molecule is CC(O)CC(CN)c1cc(Br)ccc1Cl. The van der Waals surface area contributed by atoms with Gasteiger partial charge in [0.1, 0.15) is 0 Å². The molecule has 0 fully saturated rings. The molecule has 0 saturated heterocycles. The molecule has 0 amide bonds. The molecule has 4 heteroatoms. The average molecular weight is 293 g/mol. The standard InChI is InChI=1S/C11H15BrClNO/c1-7(15)4-8(6-14)10-5-9(12)2-3-11(10)13/h2-3,5,7-8,15H,4,6,14H2,1H3. The summed E-state index contributed by atoms with van der Waals surface area (Å²) in [5.41, 5.74) is 6.68. The molecule has 0 bridgehead atoms. The third-order valence-corrected chi connectivity index (χ3v) is 3.15. The molecule has 1 aromatic rings. The van der Waals surface area contributed by atoms with Crippen LogP contribution in [0.3, 0.4) is 0 Å². The summed E-state index contributed by atoms with van der Waals surface area (Å²) < 4.78 is 0.978. The topological polar surface area (TPSA) is 46.2 Å². The minimum absolute atomic E-state index is 0.106. The van der Waals surface area contributed by atoms with Crippen LogP contribution in [0.15, 0.2) is 22.7 Å². The number of hydrogen-bond donors (Lipinski definition) is 2. The molecule has 0 heterocycles. The van der Waals surface area contributed by atoms with E-state index in [1.54, 1.807) is 6.92 Å². The number of rotatable bonds is 4. The third-order valence-electron chi connectivity index (χ3n) is 2.31. The highest BCUT2D eigenvalue weighted by molar-refractivity contribution is 9.10. The molecule has 0 radical (unpaired) electrons. The van der Waals surface area contributed by atoms with Gasteiger partial charge in [-0.1, -0.05) is 27.5 Å². The van der Waals surface area contributed by atoms with Crippen molar-refractivity contribution < 1.29 is 5.11 Å². The summed E-state index contributed by atoms with van der Waals surface area (Å²) in [6.07, 6.45) is 0.265. The van der Waals surface area contributed by atoms with Crippen LogP contribution in [0.5, 0.6) is 0 Å². The minimum atomic E-state index is -0.367. The van der Waals surface area contributed by atoms with Gasteiger partial charge in [0.2, 0.25) is 0 Å². The Hall–Kier alpha value is -0.0900. The lowest BCUT2D eigenvalue weighted by Crippen LogP contribution is -2.17. The zero-order valence-electron chi connectivity index (χ0n) is 8.58. The van der Waals surface area contributed by atoms with E-state index in [-0.39, 0.29) is 12.0 Å². The highest BCUT2D eigenvalue weighted by Gasteiger charge is 2.15. The van der Waals surface area contributed by atoms with E-state index in [1.807, 2.05) is 18.2 Å². The second-order valence-electron chi connectivity index (χ2n) is 3.68. The zero-order chi connectivity index (χ0) is 11.4. The van der Waals surface area contributed by atoms with Gasteiger partial charge in [-0.3, -0.25) is 0 Å². The number of benzene rings is 1. The Morgan fingerprint density at radius 1 is 1.53 bits per heavy atom. The van der Waals surface area contributed by atoms with Gasteiger partial charge in [-0.25, -0.2) is 0 Å². The maximum atomic E-state index is 9.37. The molecule has 84 valence electrons. The van der Waals surface area contributed by atoms with E-state index in [4.69, 9.17) is 17.3 Å². The smallest absolute Gasteiger partial charge is 0.0518 e. The summed E-state index contributed by atoms with van der Waals surface area (Å²) in [4.78, 5) is 0. The van der Waals surface area contributed by atoms with E-state index in [2.05, 4.69) is 15.9 Å². The summed E-state index contributed by atoms with van der Waals surface area (Å²) in [5.74, 6) is 0.106. The van der Waals surface area contributed by atoms with Crippen molar-refractivity contribution in [2.24, 2.45) is 5.73 Å². The predicted molar refractivity (Wildman–Crippen MR) is 67.2 cm³/mol. The Balaban J connectivity index is 2.95. The first-order chi connectivity index (χ1) is 7.04. The lowest BCUT2D eigenvalue weighted by molar-refractivity contribution is 0.175. The van der Waals surface area contributed by atoms with Gasteiger partial charge in [-0.15, -0.1) is 0 Å². The van der Waals surface area contributed by atoms with Gasteiger partial charge in [-0.05, 0) is 43.7 Å². The van der Waals surface area contributed by atoms with E-state index < -0.39 is 0 Å². The lowest BCUT2D eigenvalue weighted by Gasteiger charge is -2.18. The number of nitrogens with two attached hydrogens (primary N) is 1. The molecule has 0 aliphatic carbocycles. The second-order valence-corrected chi connectivity index (χ2v) is 5.01. The maximum absolute atomic E-state index is 9.37. The van der Waals surface area contributed by atoms with Crippen molar-refractivity contribution in [3.63, 3.8) is 0 Å². The molecule has 2 atom stereocenters. The van der Waals surface area contributed by atoms with Crippen LogP contribution < -0.4 is 5.73 Å². The highest BCUT2D eigenvalue weighted by Crippen LogP contribution is 2.30. The van der Waals surface area contributed by atoms with Crippen molar-refractivity contribution in [1.82, 2.24) is 0 Å². The van der Waals surface area contributed by atoms with Gasteiger partial charge in [0, 0.05) is 15.4 Å². The fourth-order valence-electron chi connectivity index (χ4n) is 1.59. The predicted octanol–water partition coefficient (Wildman–Crippen LogP) is 2.92. The molecule has 0 aromatic heterocycles. The fraction of sp³-hybridized carbons (Fsp3) is 0.455. The molecule has 0 spiro atoms. The van der Waals surface area contributed by atoms with Crippen LogP contribution in [0.1, 0.15) is 24.8 Å². The second kappa shape index (κ2) is 5.85. The van der Waals surface area contributed by atoms with Crippen molar-refractivity contribution in [2.75, 3.05) is 6.54 Å². The lowest BCUT2D eigenvalue weighted by atomic mass is 9.93. The molecule has 1 aromatic carbocycles. The molecule has 0 saturated carbocycles. The number of halogens is 2. The number of aliphatic hydroxyl groups is 1. The molecule has 2 nitrogen and oxygen atoms in total. The summed E-state index contributed by atoms with van der Waals surface area (Å²) in [6, 6.07) is 5.69. The highest BCUT2D eigenvalue weighted by atomic mass is 79.9. The molecule has 3 N–H and O–H groups in total. The summed E-state index contributed by atoms with van der Waals surface area (Å²) in [6.45, 7) is 2.25. The Bertz CT molecular complexity index is 330. The van der Waals surface area contributed by atoms with Crippen LogP contribution in [0.4, 0.5) is 0 Å². The minimum Gasteiger partial charge on any atom is -0.393 e. The van der Waals surface area contributed by atoms with Crippen molar-refractivity contribution >= 4 is 27.5 Å². The maximum Gasteiger partial charge on any atom is 0.0518 e. The van der Waals surface area contributed by atoms with Gasteiger partial charge in [0.05, 0.1) is 6.10 Å². The van der Waals surface area contributed by atoms with Crippen LogP contribution in [0, 0.1) is 0 Å². The Kier molecular flexibility index (Phi) is 5.06. The fourth-order valence-corrected chi connectivity index (χ4v) is 2.24. The van der Waals surface area contributed by atoms with Gasteiger partial charge in [-0.2, -0.15) is 0 Å². The number of hydrogen-bond acceptors (Lipinski definition) is 2. The Morgan fingerprint density at radius 2 is 2.20 bits per heavy atom. The summed E-state index contributed by atoms with van der Waals surface area (Å²) in [5, 5.41) is 10.1. The van der Waals surface area contributed by atoms with E-state index in [0.717, 1.165) is 10.0 Å². The van der Waals surface area contributed by atoms with Gasteiger partial charge in [0.25, 0.3) is 0 Å². The van der Waals surface area contributed by atoms with E-state index in [0.29, 0.717) is 18.0 Å². The third kappa shape index (κ3) is 3.76. The molecular weight excluding hydrogens is 277 g/mol. The first kappa shape index (κ1) is 13.0. The van der Waals surface area contributed by atoms with E-state index >= 15 is 0 Å². The largest absolute Gasteiger partial charge is 0.393 e. The van der Waals surface area contributed by atoms with Crippen LogP contribution in [0.2, 0.25) is 5.02 Å². The van der Waals surface area contributed by atoms with Crippen LogP contribution in [0.25, 0.3) is 0 Å². The van der Waals surface area contributed by atoms with Crippen molar-refractivity contribution in [2.45, 2.75) is 25.4 Å². The van der Waals surface area contributed by atoms with Crippen molar-refractivity contribution in [1.29, 1.82) is 0 Å². The number of aliphatic hydroxyl groups excluding tert-OH is 1. The van der Waals surface area contributed by atoms with Crippen LogP contribution in [-0.2, 0) is 0 Å². The summed E-state index contributed by atoms with van der Waals surface area (Å²) >= 11 is 9.49. The van der Waals surface area contributed by atoms with Crippen molar-refractivity contribution in [3.05, 3.63) is 33.3 Å². The zero-order valence-corrected chi connectivity index (χ0v) is 10.9. The van der Waals surface area contributed by atoms with E-state index in [9.17, 15) is 5.11 Å². The van der Waals surface area contributed by atoms with Gasteiger partial charge < -0.3 is 10.8 Å². The van der Waals surface area contributed by atoms with Crippen LogP contribution >= 0.6 is 27.5 Å². The Labute approximate surface area is 104 Å². The first-order valence-electron chi connectivity index (χ1n) is 4.87. The molecule has 15 heavy (non-hydrogen) atoms. The normalized spacial score (nSPS) is 15.0. The average Bonchev–Trinajstić information content (AvgIpc) is 2.18. The summed E-state index contributed by atoms with van der Waals surface area (Å²) in [7, 11) is 0. The van der Waals surface area contributed by atoms with Gasteiger partial charge >= 0.3 is 0 Å². The van der Waals surface area contributed by atoms with Crippen LogP contribution in [-0.4, -0.2) is 17.8 Å². The molecule has 2 unspecified atom stereocenters. The molecular formula is C11H15BrClNO. The molecule has 0 aliphatic rings. The Morgan fingerprint density at radius 3 is 2.73 bits per heavy atom. The first-order valence-corrected chi connectivity index (χ1v) is 6.04. The van der Waals surface area contributed by atoms with Crippen molar-refractivity contribution in [3.8, 4) is 0 Å². The quantitative estimate of drug-likeness (QED) is 0.896. The molecule has 0 aliphatic heterocycles.